The van der Waals surface area contributed by atoms with Gasteiger partial charge in [0.25, 0.3) is 0 Å². The molecule has 0 aliphatic carbocycles. The number of hydrogen-bond acceptors (Lipinski definition) is 5. The first-order valence-corrected chi connectivity index (χ1v) is 9.27. The van der Waals surface area contributed by atoms with Crippen LogP contribution in [0.25, 0.3) is 0 Å². The van der Waals surface area contributed by atoms with Gasteiger partial charge < -0.3 is 19.7 Å². The number of morpholine rings is 1. The molecular formula is C19H27N3O4. The van der Waals surface area contributed by atoms with E-state index in [1.165, 1.54) is 5.56 Å². The van der Waals surface area contributed by atoms with Crippen LogP contribution in [0.3, 0.4) is 0 Å². The number of benzene rings is 1. The van der Waals surface area contributed by atoms with Crippen molar-refractivity contribution in [1.82, 2.24) is 15.1 Å². The molecule has 2 saturated heterocycles. The molecule has 7 nitrogen and oxygen atoms in total. The van der Waals surface area contributed by atoms with Crippen molar-refractivity contribution >= 4 is 12.0 Å². The number of amides is 2. The normalized spacial score (nSPS) is 21.3. The molecule has 0 spiro atoms. The minimum atomic E-state index is -0.294. The molecule has 3 rings (SSSR count). The molecule has 2 aliphatic rings. The number of nitrogens with one attached hydrogen (secondary N) is 1. The third kappa shape index (κ3) is 5.71. The maximum atomic E-state index is 12.2. The van der Waals surface area contributed by atoms with E-state index in [1.807, 2.05) is 18.2 Å². The van der Waals surface area contributed by atoms with Crippen molar-refractivity contribution in [2.24, 2.45) is 0 Å². The maximum absolute atomic E-state index is 12.2. The van der Waals surface area contributed by atoms with E-state index >= 15 is 0 Å². The van der Waals surface area contributed by atoms with Gasteiger partial charge in [-0.25, -0.2) is 4.79 Å². The second-order valence-corrected chi connectivity index (χ2v) is 6.72. The van der Waals surface area contributed by atoms with E-state index in [4.69, 9.17) is 9.47 Å². The molecule has 1 aromatic rings. The van der Waals surface area contributed by atoms with Crippen LogP contribution in [0.2, 0.25) is 0 Å². The number of cyclic esters (lactones) is 1. The highest BCUT2D eigenvalue weighted by atomic mass is 16.6. The van der Waals surface area contributed by atoms with Gasteiger partial charge in [-0.05, 0) is 12.0 Å². The third-order valence-electron chi connectivity index (χ3n) is 4.64. The van der Waals surface area contributed by atoms with Crippen LogP contribution < -0.4 is 5.32 Å². The molecule has 2 amide bonds. The standard InChI is InChI=1S/C19H27N3O4/c23-18(20-7-9-22-8-4-11-26-19(22)24)13-17-15-21(10-12-25-17)14-16-5-2-1-3-6-16/h1-3,5-6,17H,4,7-15H2,(H,20,23)/t17-/m1/s1. The molecule has 2 heterocycles. The molecule has 0 bridgehead atoms. The summed E-state index contributed by atoms with van der Waals surface area (Å²) in [6.07, 6.45) is 0.799. The van der Waals surface area contributed by atoms with Crippen LogP contribution in [0.1, 0.15) is 18.4 Å². The largest absolute Gasteiger partial charge is 0.449 e. The minimum Gasteiger partial charge on any atom is -0.449 e. The summed E-state index contributed by atoms with van der Waals surface area (Å²) in [6.45, 7) is 5.24. The predicted molar refractivity (Wildman–Crippen MR) is 96.6 cm³/mol. The van der Waals surface area contributed by atoms with Gasteiger partial charge in [-0.2, -0.15) is 0 Å². The molecule has 1 atom stereocenters. The fraction of sp³-hybridized carbons (Fsp3) is 0.579. The average molecular weight is 361 g/mol. The summed E-state index contributed by atoms with van der Waals surface area (Å²) < 4.78 is 10.7. The third-order valence-corrected chi connectivity index (χ3v) is 4.64. The first-order chi connectivity index (χ1) is 12.7. The highest BCUT2D eigenvalue weighted by Crippen LogP contribution is 2.12. The fourth-order valence-corrected chi connectivity index (χ4v) is 3.30. The molecule has 26 heavy (non-hydrogen) atoms. The van der Waals surface area contributed by atoms with Gasteiger partial charge in [-0.15, -0.1) is 0 Å². The van der Waals surface area contributed by atoms with Gasteiger partial charge in [-0.1, -0.05) is 30.3 Å². The van der Waals surface area contributed by atoms with Gasteiger partial charge in [0.05, 0.1) is 25.7 Å². The van der Waals surface area contributed by atoms with Gasteiger partial charge in [0, 0.05) is 39.3 Å². The van der Waals surface area contributed by atoms with Crippen molar-refractivity contribution in [3.63, 3.8) is 0 Å². The van der Waals surface area contributed by atoms with Crippen molar-refractivity contribution in [3.05, 3.63) is 35.9 Å². The lowest BCUT2D eigenvalue weighted by molar-refractivity contribution is -0.126. The quantitative estimate of drug-likeness (QED) is 0.791. The molecule has 7 heteroatoms. The molecule has 1 aromatic carbocycles. The Morgan fingerprint density at radius 2 is 2.04 bits per heavy atom. The second-order valence-electron chi connectivity index (χ2n) is 6.72. The number of rotatable bonds is 7. The van der Waals surface area contributed by atoms with Crippen molar-refractivity contribution < 1.29 is 19.1 Å². The molecule has 2 fully saturated rings. The Balaban J connectivity index is 1.36. The molecule has 0 saturated carbocycles. The molecule has 2 aliphatic heterocycles. The summed E-state index contributed by atoms with van der Waals surface area (Å²) in [5, 5.41) is 2.88. The zero-order chi connectivity index (χ0) is 18.2. The van der Waals surface area contributed by atoms with Crippen LogP contribution in [0.15, 0.2) is 30.3 Å². The van der Waals surface area contributed by atoms with E-state index < -0.39 is 0 Å². The van der Waals surface area contributed by atoms with Crippen LogP contribution in [0.4, 0.5) is 4.79 Å². The van der Waals surface area contributed by atoms with Gasteiger partial charge >= 0.3 is 6.09 Å². The van der Waals surface area contributed by atoms with E-state index in [0.29, 0.717) is 39.3 Å². The minimum absolute atomic E-state index is 0.0399. The van der Waals surface area contributed by atoms with Gasteiger partial charge in [0.15, 0.2) is 0 Å². The molecule has 0 unspecified atom stereocenters. The number of ether oxygens (including phenoxy) is 2. The summed E-state index contributed by atoms with van der Waals surface area (Å²) in [6, 6.07) is 10.3. The number of hydrogen-bond donors (Lipinski definition) is 1. The van der Waals surface area contributed by atoms with Crippen molar-refractivity contribution in [3.8, 4) is 0 Å². The zero-order valence-electron chi connectivity index (χ0n) is 15.1. The van der Waals surface area contributed by atoms with Gasteiger partial charge in [0.2, 0.25) is 5.91 Å². The lowest BCUT2D eigenvalue weighted by Gasteiger charge is -2.32. The monoisotopic (exact) mass is 361 g/mol. The molecule has 0 radical (unpaired) electrons. The Morgan fingerprint density at radius 1 is 1.19 bits per heavy atom. The molecule has 1 N–H and O–H groups in total. The maximum Gasteiger partial charge on any atom is 0.409 e. The topological polar surface area (TPSA) is 71.1 Å². The molecule has 142 valence electrons. The van der Waals surface area contributed by atoms with Crippen molar-refractivity contribution in [2.45, 2.75) is 25.5 Å². The summed E-state index contributed by atoms with van der Waals surface area (Å²) in [5.41, 5.74) is 1.27. The summed E-state index contributed by atoms with van der Waals surface area (Å²) >= 11 is 0. The van der Waals surface area contributed by atoms with Crippen LogP contribution >= 0.6 is 0 Å². The summed E-state index contributed by atoms with van der Waals surface area (Å²) in [7, 11) is 0. The van der Waals surface area contributed by atoms with Crippen LogP contribution in [0, 0.1) is 0 Å². The highest BCUT2D eigenvalue weighted by Gasteiger charge is 2.23. The number of carbonyl (C=O) groups is 2. The van der Waals surface area contributed by atoms with Crippen LogP contribution in [0.5, 0.6) is 0 Å². The lowest BCUT2D eigenvalue weighted by atomic mass is 10.1. The fourth-order valence-electron chi connectivity index (χ4n) is 3.30. The predicted octanol–water partition coefficient (Wildman–Crippen LogP) is 1.24. The van der Waals surface area contributed by atoms with E-state index in [-0.39, 0.29) is 18.1 Å². The van der Waals surface area contributed by atoms with Crippen LogP contribution in [-0.2, 0) is 20.8 Å². The second kappa shape index (κ2) is 9.54. The van der Waals surface area contributed by atoms with Gasteiger partial charge in [0.1, 0.15) is 0 Å². The Hall–Kier alpha value is -2.12. The number of carbonyl (C=O) groups excluding carboxylic acids is 2. The van der Waals surface area contributed by atoms with Crippen molar-refractivity contribution in [2.75, 3.05) is 45.9 Å². The smallest absolute Gasteiger partial charge is 0.409 e. The van der Waals surface area contributed by atoms with Crippen LogP contribution in [-0.4, -0.2) is 73.8 Å². The Labute approximate surface area is 154 Å². The Bertz CT molecular complexity index is 596. The lowest BCUT2D eigenvalue weighted by Crippen LogP contribution is -2.45. The summed E-state index contributed by atoms with van der Waals surface area (Å²) in [5.74, 6) is -0.0399. The number of nitrogens with zero attached hydrogens (tertiary/aromatic N) is 2. The van der Waals surface area contributed by atoms with Gasteiger partial charge in [-0.3, -0.25) is 9.69 Å². The highest BCUT2D eigenvalue weighted by molar-refractivity contribution is 5.76. The van der Waals surface area contributed by atoms with E-state index in [9.17, 15) is 9.59 Å². The SMILES string of the molecule is O=C(C[C@@H]1CN(Cc2ccccc2)CCO1)NCCN1CCCOC1=O. The Morgan fingerprint density at radius 3 is 2.85 bits per heavy atom. The van der Waals surface area contributed by atoms with E-state index in [2.05, 4.69) is 22.3 Å². The summed E-state index contributed by atoms with van der Waals surface area (Å²) in [4.78, 5) is 27.6. The molecular weight excluding hydrogens is 334 g/mol. The average Bonchev–Trinajstić information content (AvgIpc) is 2.64. The van der Waals surface area contributed by atoms with E-state index in [1.54, 1.807) is 4.90 Å². The Kier molecular flexibility index (Phi) is 6.85. The first kappa shape index (κ1) is 18.7. The zero-order valence-corrected chi connectivity index (χ0v) is 15.1. The van der Waals surface area contributed by atoms with Crippen molar-refractivity contribution in [1.29, 1.82) is 0 Å². The molecule has 0 aromatic heterocycles. The first-order valence-electron chi connectivity index (χ1n) is 9.27. The van der Waals surface area contributed by atoms with E-state index in [0.717, 1.165) is 26.1 Å².